The number of piperidine rings is 1. The monoisotopic (exact) mass is 384 g/mol. The van der Waals surface area contributed by atoms with Crippen molar-refractivity contribution in [2.45, 2.75) is 18.9 Å². The number of nitrogens with zero attached hydrogens (tertiary/aromatic N) is 6. The number of nitro groups is 1. The van der Waals surface area contributed by atoms with Crippen molar-refractivity contribution in [3.63, 3.8) is 0 Å². The van der Waals surface area contributed by atoms with Gasteiger partial charge in [-0.25, -0.2) is 4.68 Å². The third kappa shape index (κ3) is 3.68. The lowest BCUT2D eigenvalue weighted by Crippen LogP contribution is -2.41. The summed E-state index contributed by atoms with van der Waals surface area (Å²) < 4.78 is 12.4. The van der Waals surface area contributed by atoms with Crippen LogP contribution in [0.2, 0.25) is 0 Å². The highest BCUT2D eigenvalue weighted by atomic mass is 16.6. The third-order valence-electron chi connectivity index (χ3n) is 4.36. The Morgan fingerprint density at radius 2 is 2.04 bits per heavy atom. The number of hydrogen-bond donors (Lipinski definition) is 0. The van der Waals surface area contributed by atoms with E-state index in [4.69, 9.17) is 9.15 Å². The highest BCUT2D eigenvalue weighted by Gasteiger charge is 2.28. The highest BCUT2D eigenvalue weighted by Crippen LogP contribution is 2.21. The molecule has 0 aromatic carbocycles. The van der Waals surface area contributed by atoms with Crippen molar-refractivity contribution in [2.24, 2.45) is 0 Å². The van der Waals surface area contributed by atoms with Crippen LogP contribution in [0.5, 0.6) is 5.88 Å². The van der Waals surface area contributed by atoms with Crippen molar-refractivity contribution in [3.8, 4) is 11.7 Å². The van der Waals surface area contributed by atoms with Crippen LogP contribution < -0.4 is 4.74 Å². The van der Waals surface area contributed by atoms with Crippen LogP contribution in [0.1, 0.15) is 23.4 Å². The molecule has 0 atom stereocenters. The maximum Gasteiger partial charge on any atom is 0.433 e. The molecule has 1 aliphatic rings. The minimum Gasteiger partial charge on any atom is -0.473 e. The molecule has 0 bridgehead atoms. The molecule has 3 aromatic rings. The summed E-state index contributed by atoms with van der Waals surface area (Å²) in [6, 6.07) is 7.78. The Morgan fingerprint density at radius 3 is 2.64 bits per heavy atom. The van der Waals surface area contributed by atoms with Gasteiger partial charge in [0.2, 0.25) is 5.88 Å². The van der Waals surface area contributed by atoms with Gasteiger partial charge in [0.25, 0.3) is 5.91 Å². The summed E-state index contributed by atoms with van der Waals surface area (Å²) in [5, 5.41) is 22.9. The molecule has 1 amide bonds. The Labute approximate surface area is 158 Å². The normalized spacial score (nSPS) is 14.8. The van der Waals surface area contributed by atoms with Crippen molar-refractivity contribution in [1.29, 1.82) is 0 Å². The van der Waals surface area contributed by atoms with Gasteiger partial charge in [-0.2, -0.15) is 5.10 Å². The third-order valence-corrected chi connectivity index (χ3v) is 4.36. The van der Waals surface area contributed by atoms with Gasteiger partial charge in [-0.1, -0.05) is 0 Å². The molecule has 3 aromatic heterocycles. The fourth-order valence-corrected chi connectivity index (χ4v) is 2.95. The Bertz CT molecular complexity index is 960. The predicted molar refractivity (Wildman–Crippen MR) is 94.1 cm³/mol. The minimum absolute atomic E-state index is 0.0360. The largest absolute Gasteiger partial charge is 0.473 e. The maximum absolute atomic E-state index is 12.4. The average Bonchev–Trinajstić information content (AvgIpc) is 3.41. The molecule has 11 nitrogen and oxygen atoms in total. The number of carbonyl (C=O) groups excluding carboxylic acids is 1. The van der Waals surface area contributed by atoms with Gasteiger partial charge in [0, 0.05) is 44.4 Å². The fourth-order valence-electron chi connectivity index (χ4n) is 2.95. The number of furan rings is 1. The van der Waals surface area contributed by atoms with Gasteiger partial charge in [-0.3, -0.25) is 14.9 Å². The van der Waals surface area contributed by atoms with Gasteiger partial charge < -0.3 is 14.1 Å². The highest BCUT2D eigenvalue weighted by molar-refractivity contribution is 5.91. The first kappa shape index (κ1) is 17.6. The average molecular weight is 384 g/mol. The molecule has 0 unspecified atom stereocenters. The number of amides is 1. The quantitative estimate of drug-likeness (QED) is 0.481. The summed E-state index contributed by atoms with van der Waals surface area (Å²) in [7, 11) is 0. The summed E-state index contributed by atoms with van der Waals surface area (Å²) in [5.41, 5.74) is 0. The van der Waals surface area contributed by atoms with Gasteiger partial charge in [0.05, 0.1) is 6.07 Å². The molecule has 1 aliphatic heterocycles. The molecule has 1 fully saturated rings. The van der Waals surface area contributed by atoms with Gasteiger partial charge in [0.1, 0.15) is 11.0 Å². The zero-order chi connectivity index (χ0) is 19.5. The predicted octanol–water partition coefficient (Wildman–Crippen LogP) is 1.85. The SMILES string of the molecule is O=C(c1ccc([N+](=O)[O-])o1)N1CCC(Oc2ccc(-n3cccn3)nn2)CC1. The summed E-state index contributed by atoms with van der Waals surface area (Å²) in [5.74, 6) is 0.146. The second kappa shape index (κ2) is 7.47. The molecular weight excluding hydrogens is 368 g/mol. The molecule has 28 heavy (non-hydrogen) atoms. The van der Waals surface area contributed by atoms with E-state index in [0.29, 0.717) is 37.6 Å². The molecule has 0 spiro atoms. The van der Waals surface area contributed by atoms with Gasteiger partial charge in [-0.15, -0.1) is 10.2 Å². The number of aromatic nitrogens is 4. The Kier molecular flexibility index (Phi) is 4.70. The zero-order valence-corrected chi connectivity index (χ0v) is 14.7. The van der Waals surface area contributed by atoms with Crippen molar-refractivity contribution in [1.82, 2.24) is 24.9 Å². The van der Waals surface area contributed by atoms with Crippen LogP contribution >= 0.6 is 0 Å². The van der Waals surface area contributed by atoms with Gasteiger partial charge >= 0.3 is 5.88 Å². The van der Waals surface area contributed by atoms with Crippen molar-refractivity contribution >= 4 is 11.8 Å². The van der Waals surface area contributed by atoms with Crippen molar-refractivity contribution in [3.05, 3.63) is 58.6 Å². The summed E-state index contributed by atoms with van der Waals surface area (Å²) in [4.78, 5) is 24.0. The van der Waals surface area contributed by atoms with E-state index in [2.05, 4.69) is 15.3 Å². The van der Waals surface area contributed by atoms with Crippen LogP contribution in [0.15, 0.2) is 47.1 Å². The molecule has 0 saturated carbocycles. The first-order valence-corrected chi connectivity index (χ1v) is 8.64. The standard InChI is InChI=1S/C17H16N6O5/c24-17(13-2-5-16(28-13)23(25)26)21-10-6-12(7-11-21)27-15-4-3-14(19-20-15)22-9-1-8-18-22/h1-5,8-9,12H,6-7,10-11H2. The van der Waals surface area contributed by atoms with Crippen molar-refractivity contribution < 1.29 is 18.9 Å². The number of rotatable bonds is 5. The molecule has 0 N–H and O–H groups in total. The van der Waals surface area contributed by atoms with Crippen LogP contribution in [0.25, 0.3) is 5.82 Å². The van der Waals surface area contributed by atoms with Crippen LogP contribution in [-0.2, 0) is 0 Å². The van der Waals surface area contributed by atoms with E-state index in [0.717, 1.165) is 0 Å². The van der Waals surface area contributed by atoms with E-state index in [9.17, 15) is 14.9 Å². The number of likely N-dealkylation sites (tertiary alicyclic amines) is 1. The lowest BCUT2D eigenvalue weighted by atomic mass is 10.1. The van der Waals surface area contributed by atoms with E-state index in [1.54, 1.807) is 40.2 Å². The van der Waals surface area contributed by atoms with Crippen molar-refractivity contribution in [2.75, 3.05) is 13.1 Å². The van der Waals surface area contributed by atoms with Gasteiger partial charge in [0.15, 0.2) is 11.6 Å². The summed E-state index contributed by atoms with van der Waals surface area (Å²) >= 11 is 0. The first-order valence-electron chi connectivity index (χ1n) is 8.64. The minimum atomic E-state index is -0.671. The van der Waals surface area contributed by atoms with Crippen LogP contribution in [0.4, 0.5) is 5.88 Å². The first-order chi connectivity index (χ1) is 13.6. The smallest absolute Gasteiger partial charge is 0.433 e. The molecule has 4 heterocycles. The Morgan fingerprint density at radius 1 is 1.21 bits per heavy atom. The summed E-state index contributed by atoms with van der Waals surface area (Å²) in [6.45, 7) is 0.910. The molecular formula is C17H16N6O5. The number of carbonyl (C=O) groups is 1. The Balaban J connectivity index is 1.31. The van der Waals surface area contributed by atoms with Crippen LogP contribution in [0, 0.1) is 10.1 Å². The molecule has 1 saturated heterocycles. The second-order valence-electron chi connectivity index (χ2n) is 6.18. The molecule has 0 radical (unpaired) electrons. The van der Waals surface area contributed by atoms with E-state index in [1.165, 1.54) is 12.1 Å². The van der Waals surface area contributed by atoms with Crippen LogP contribution in [0.3, 0.4) is 0 Å². The van der Waals surface area contributed by atoms with Crippen LogP contribution in [-0.4, -0.2) is 54.9 Å². The van der Waals surface area contributed by atoms with E-state index < -0.39 is 10.8 Å². The summed E-state index contributed by atoms with van der Waals surface area (Å²) in [6.07, 6.45) is 4.54. The van der Waals surface area contributed by atoms with E-state index >= 15 is 0 Å². The lowest BCUT2D eigenvalue weighted by molar-refractivity contribution is -0.402. The number of ether oxygens (including phenoxy) is 1. The molecule has 144 valence electrons. The molecule has 11 heteroatoms. The zero-order valence-electron chi connectivity index (χ0n) is 14.7. The fraction of sp³-hybridized carbons (Fsp3) is 0.294. The van der Waals surface area contributed by atoms with Gasteiger partial charge in [-0.05, 0) is 18.2 Å². The lowest BCUT2D eigenvalue weighted by Gasteiger charge is -2.31. The topological polar surface area (TPSA) is 129 Å². The molecule has 4 rings (SSSR count). The van der Waals surface area contributed by atoms with E-state index in [-0.39, 0.29) is 17.8 Å². The Hall–Kier alpha value is -3.76. The van der Waals surface area contributed by atoms with E-state index in [1.807, 2.05) is 0 Å². The number of hydrogen-bond acceptors (Lipinski definition) is 8. The second-order valence-corrected chi connectivity index (χ2v) is 6.18. The molecule has 0 aliphatic carbocycles. The maximum atomic E-state index is 12.4.